The minimum Gasteiger partial charge on any atom is -0.444 e. The van der Waals surface area contributed by atoms with Gasteiger partial charge in [0.25, 0.3) is 0 Å². The summed E-state index contributed by atoms with van der Waals surface area (Å²) in [6.45, 7) is 9.43. The molecule has 1 aromatic carbocycles. The van der Waals surface area contributed by atoms with Gasteiger partial charge in [-0.25, -0.2) is 4.79 Å². The average molecular weight is 372 g/mol. The number of carbonyl (C=O) groups is 2. The molecule has 1 aliphatic carbocycles. The fourth-order valence-corrected chi connectivity index (χ4v) is 4.60. The van der Waals surface area contributed by atoms with E-state index in [9.17, 15) is 9.59 Å². The number of hydrogen-bond acceptors (Lipinski definition) is 4. The predicted molar refractivity (Wildman–Crippen MR) is 106 cm³/mol. The van der Waals surface area contributed by atoms with Gasteiger partial charge in [-0.15, -0.1) is 11.3 Å². The number of anilines is 1. The molecule has 0 fully saturated rings. The second-order valence-corrected chi connectivity index (χ2v) is 8.94. The second kappa shape index (κ2) is 6.88. The summed E-state index contributed by atoms with van der Waals surface area (Å²) in [5.74, 6) is -0.0204. The molecule has 0 atom stereocenters. The van der Waals surface area contributed by atoms with E-state index in [1.807, 2.05) is 52.8 Å². The molecular formula is C21H25NO3S. The van der Waals surface area contributed by atoms with Crippen LogP contribution in [0.3, 0.4) is 0 Å². The van der Waals surface area contributed by atoms with Crippen LogP contribution in [0.1, 0.15) is 64.7 Å². The normalized spacial score (nSPS) is 13.4. The highest BCUT2D eigenvalue weighted by atomic mass is 32.1. The number of ether oxygens (including phenoxy) is 1. The number of hydrogen-bond donors (Lipinski definition) is 1. The molecule has 1 aliphatic rings. The van der Waals surface area contributed by atoms with Crippen LogP contribution in [-0.4, -0.2) is 17.5 Å². The fourth-order valence-electron chi connectivity index (χ4n) is 3.33. The quantitative estimate of drug-likeness (QED) is 0.732. The zero-order valence-electron chi connectivity index (χ0n) is 16.0. The molecule has 4 nitrogen and oxygen atoms in total. The molecule has 3 rings (SSSR count). The summed E-state index contributed by atoms with van der Waals surface area (Å²) >= 11 is 1.50. The Morgan fingerprint density at radius 1 is 1.15 bits per heavy atom. The molecule has 0 bridgehead atoms. The van der Waals surface area contributed by atoms with E-state index in [1.54, 1.807) is 0 Å². The van der Waals surface area contributed by atoms with Crippen molar-refractivity contribution in [3.05, 3.63) is 50.9 Å². The van der Waals surface area contributed by atoms with E-state index in [4.69, 9.17) is 4.74 Å². The number of carbonyl (C=O) groups excluding carboxylic acids is 2. The van der Waals surface area contributed by atoms with Gasteiger partial charge in [0.05, 0.1) is 5.56 Å². The SMILES string of the molecule is Cc1ccc(C(=O)c2c(NC(=O)OC(C)(C)C)sc3c2CCC3)c(C)c1. The Balaban J connectivity index is 1.98. The van der Waals surface area contributed by atoms with Gasteiger partial charge in [-0.2, -0.15) is 0 Å². The van der Waals surface area contributed by atoms with Crippen molar-refractivity contribution in [1.29, 1.82) is 0 Å². The Kier molecular flexibility index (Phi) is 4.93. The summed E-state index contributed by atoms with van der Waals surface area (Å²) in [6.07, 6.45) is 2.38. The Hall–Kier alpha value is -2.14. The van der Waals surface area contributed by atoms with Gasteiger partial charge in [0.15, 0.2) is 5.78 Å². The van der Waals surface area contributed by atoms with E-state index in [0.717, 1.165) is 36.0 Å². The monoisotopic (exact) mass is 371 g/mol. The Morgan fingerprint density at radius 2 is 1.88 bits per heavy atom. The van der Waals surface area contributed by atoms with Crippen molar-refractivity contribution in [2.75, 3.05) is 5.32 Å². The second-order valence-electron chi connectivity index (χ2n) is 7.84. The van der Waals surface area contributed by atoms with Crippen molar-refractivity contribution in [2.24, 2.45) is 0 Å². The number of ketones is 1. The van der Waals surface area contributed by atoms with E-state index in [1.165, 1.54) is 16.2 Å². The van der Waals surface area contributed by atoms with Crippen LogP contribution in [0, 0.1) is 13.8 Å². The van der Waals surface area contributed by atoms with E-state index in [0.29, 0.717) is 16.1 Å². The first kappa shape index (κ1) is 18.6. The van der Waals surface area contributed by atoms with E-state index >= 15 is 0 Å². The molecule has 1 heterocycles. The van der Waals surface area contributed by atoms with Crippen LogP contribution in [0.2, 0.25) is 0 Å². The summed E-state index contributed by atoms with van der Waals surface area (Å²) in [6, 6.07) is 5.85. The molecule has 1 N–H and O–H groups in total. The Bertz CT molecular complexity index is 874. The van der Waals surface area contributed by atoms with Crippen LogP contribution in [0.25, 0.3) is 0 Å². The van der Waals surface area contributed by atoms with Gasteiger partial charge < -0.3 is 4.74 Å². The first-order valence-corrected chi connectivity index (χ1v) is 9.74. The minimum atomic E-state index is -0.582. The maximum Gasteiger partial charge on any atom is 0.412 e. The van der Waals surface area contributed by atoms with Gasteiger partial charge in [-0.3, -0.25) is 10.1 Å². The zero-order chi connectivity index (χ0) is 19.1. The van der Waals surface area contributed by atoms with E-state index < -0.39 is 11.7 Å². The molecule has 0 radical (unpaired) electrons. The molecule has 0 aliphatic heterocycles. The smallest absolute Gasteiger partial charge is 0.412 e. The van der Waals surface area contributed by atoms with Crippen molar-refractivity contribution in [1.82, 2.24) is 0 Å². The molecular weight excluding hydrogens is 346 g/mol. The van der Waals surface area contributed by atoms with Gasteiger partial charge >= 0.3 is 6.09 Å². The summed E-state index contributed by atoms with van der Waals surface area (Å²) in [5.41, 5.74) is 3.92. The Morgan fingerprint density at radius 3 is 2.54 bits per heavy atom. The highest BCUT2D eigenvalue weighted by molar-refractivity contribution is 7.17. The maximum absolute atomic E-state index is 13.3. The number of benzene rings is 1. The molecule has 0 saturated carbocycles. The number of nitrogens with one attached hydrogen (secondary N) is 1. The zero-order valence-corrected chi connectivity index (χ0v) is 16.8. The first-order chi connectivity index (χ1) is 12.2. The van der Waals surface area contributed by atoms with Crippen molar-refractivity contribution in [3.63, 3.8) is 0 Å². The third kappa shape index (κ3) is 3.83. The molecule has 0 unspecified atom stereocenters. The summed E-state index contributed by atoms with van der Waals surface area (Å²) in [4.78, 5) is 26.7. The topological polar surface area (TPSA) is 55.4 Å². The molecule has 5 heteroatoms. The highest BCUT2D eigenvalue weighted by Crippen LogP contribution is 2.40. The third-order valence-electron chi connectivity index (χ3n) is 4.39. The largest absolute Gasteiger partial charge is 0.444 e. The molecule has 1 aromatic heterocycles. The predicted octanol–water partition coefficient (Wildman–Crippen LogP) is 5.43. The summed E-state index contributed by atoms with van der Waals surface area (Å²) in [5, 5.41) is 3.42. The van der Waals surface area contributed by atoms with Gasteiger partial charge in [-0.05, 0) is 65.0 Å². The third-order valence-corrected chi connectivity index (χ3v) is 5.60. The number of amides is 1. The van der Waals surface area contributed by atoms with Gasteiger partial charge in [0, 0.05) is 10.4 Å². The molecule has 0 saturated heterocycles. The van der Waals surface area contributed by atoms with Crippen LogP contribution in [0.5, 0.6) is 0 Å². The maximum atomic E-state index is 13.3. The van der Waals surface area contributed by atoms with Crippen LogP contribution in [-0.2, 0) is 17.6 Å². The lowest BCUT2D eigenvalue weighted by Crippen LogP contribution is -2.27. The van der Waals surface area contributed by atoms with Crippen molar-refractivity contribution >= 4 is 28.2 Å². The average Bonchev–Trinajstić information content (AvgIpc) is 3.04. The number of thiophene rings is 1. The number of fused-ring (bicyclic) bond motifs is 1. The fraction of sp³-hybridized carbons (Fsp3) is 0.429. The lowest BCUT2D eigenvalue weighted by Gasteiger charge is -2.19. The minimum absolute atomic E-state index is 0.0204. The molecule has 138 valence electrons. The van der Waals surface area contributed by atoms with Crippen LogP contribution >= 0.6 is 11.3 Å². The van der Waals surface area contributed by atoms with Crippen LogP contribution < -0.4 is 5.32 Å². The lowest BCUT2D eigenvalue weighted by atomic mass is 9.96. The van der Waals surface area contributed by atoms with Crippen molar-refractivity contribution < 1.29 is 14.3 Å². The van der Waals surface area contributed by atoms with Gasteiger partial charge in [0.1, 0.15) is 10.6 Å². The first-order valence-electron chi connectivity index (χ1n) is 8.92. The lowest BCUT2D eigenvalue weighted by molar-refractivity contribution is 0.0636. The number of aryl methyl sites for hydroxylation is 3. The van der Waals surface area contributed by atoms with E-state index in [2.05, 4.69) is 5.32 Å². The van der Waals surface area contributed by atoms with Crippen LogP contribution in [0.4, 0.5) is 9.80 Å². The highest BCUT2D eigenvalue weighted by Gasteiger charge is 2.29. The van der Waals surface area contributed by atoms with Gasteiger partial charge in [-0.1, -0.05) is 23.8 Å². The van der Waals surface area contributed by atoms with Crippen molar-refractivity contribution in [3.8, 4) is 0 Å². The molecule has 0 spiro atoms. The standard InChI is InChI=1S/C21H25NO3S/c1-12-9-10-14(13(2)11-12)18(23)17-15-7-6-8-16(15)26-19(17)22-20(24)25-21(3,4)5/h9-11H,6-8H2,1-5H3,(H,22,24). The Labute approximate surface area is 158 Å². The van der Waals surface area contributed by atoms with Crippen molar-refractivity contribution in [2.45, 2.75) is 59.5 Å². The van der Waals surface area contributed by atoms with E-state index in [-0.39, 0.29) is 5.78 Å². The molecule has 2 aromatic rings. The van der Waals surface area contributed by atoms with Gasteiger partial charge in [0.2, 0.25) is 0 Å². The molecule has 26 heavy (non-hydrogen) atoms. The number of rotatable bonds is 3. The summed E-state index contributed by atoms with van der Waals surface area (Å²) < 4.78 is 5.37. The summed E-state index contributed by atoms with van der Waals surface area (Å²) in [7, 11) is 0. The van der Waals surface area contributed by atoms with Crippen LogP contribution in [0.15, 0.2) is 18.2 Å². The molecule has 1 amide bonds.